The lowest BCUT2D eigenvalue weighted by atomic mass is 9.76. The highest BCUT2D eigenvalue weighted by atomic mass is 35.5. The van der Waals surface area contributed by atoms with Crippen molar-refractivity contribution >= 4 is 11.6 Å². The average molecular weight is 266 g/mol. The molecule has 0 aliphatic heterocycles. The van der Waals surface area contributed by atoms with E-state index in [9.17, 15) is 0 Å². The minimum absolute atomic E-state index is 0.495. The zero-order valence-electron chi connectivity index (χ0n) is 11.5. The van der Waals surface area contributed by atoms with Gasteiger partial charge in [-0.1, -0.05) is 50.4 Å². The normalized spacial score (nSPS) is 25.9. The third-order valence-electron chi connectivity index (χ3n) is 4.10. The molecule has 3 unspecified atom stereocenters. The van der Waals surface area contributed by atoms with E-state index in [1.54, 1.807) is 0 Å². The van der Waals surface area contributed by atoms with Crippen molar-refractivity contribution in [1.29, 1.82) is 0 Å². The molecule has 1 fully saturated rings. The van der Waals surface area contributed by atoms with Gasteiger partial charge in [0.1, 0.15) is 0 Å². The van der Waals surface area contributed by atoms with Gasteiger partial charge in [-0.2, -0.15) is 0 Å². The predicted molar refractivity (Wildman–Crippen MR) is 79.0 cm³/mol. The quantitative estimate of drug-likeness (QED) is 0.823. The van der Waals surface area contributed by atoms with Gasteiger partial charge in [-0.3, -0.25) is 0 Å². The lowest BCUT2D eigenvalue weighted by Gasteiger charge is -2.34. The van der Waals surface area contributed by atoms with Gasteiger partial charge < -0.3 is 5.32 Å². The Bertz CT molecular complexity index is 360. The second-order valence-corrected chi connectivity index (χ2v) is 6.06. The van der Waals surface area contributed by atoms with Crippen LogP contribution in [0.2, 0.25) is 5.02 Å². The zero-order chi connectivity index (χ0) is 13.0. The molecule has 3 atom stereocenters. The highest BCUT2D eigenvalue weighted by Gasteiger charge is 2.27. The van der Waals surface area contributed by atoms with Crippen LogP contribution in [0.25, 0.3) is 0 Å². The molecule has 100 valence electrons. The Morgan fingerprint density at radius 1 is 1.28 bits per heavy atom. The van der Waals surface area contributed by atoms with Gasteiger partial charge in [-0.05, 0) is 48.9 Å². The Kier molecular flexibility index (Phi) is 5.08. The second kappa shape index (κ2) is 6.58. The first-order valence-electron chi connectivity index (χ1n) is 7.19. The van der Waals surface area contributed by atoms with Crippen LogP contribution in [0.1, 0.15) is 51.1 Å². The summed E-state index contributed by atoms with van der Waals surface area (Å²) in [5.74, 6) is 1.65. The van der Waals surface area contributed by atoms with E-state index in [4.69, 9.17) is 11.6 Å². The fraction of sp³-hybridized carbons (Fsp3) is 0.625. The Morgan fingerprint density at radius 2 is 2.00 bits per heavy atom. The standard InChI is InChI=1S/C16H24ClN/c1-3-18-16(13-7-9-15(17)10-8-13)14-6-4-5-12(2)11-14/h7-10,12,14,16,18H,3-6,11H2,1-2H3. The van der Waals surface area contributed by atoms with Crippen LogP contribution in [0.5, 0.6) is 0 Å². The summed E-state index contributed by atoms with van der Waals surface area (Å²) in [5.41, 5.74) is 1.39. The molecule has 2 heteroatoms. The number of hydrogen-bond donors (Lipinski definition) is 1. The van der Waals surface area contributed by atoms with Crippen LogP contribution >= 0.6 is 11.6 Å². The van der Waals surface area contributed by atoms with Gasteiger partial charge in [0, 0.05) is 11.1 Å². The monoisotopic (exact) mass is 265 g/mol. The van der Waals surface area contributed by atoms with Gasteiger partial charge in [-0.25, -0.2) is 0 Å². The van der Waals surface area contributed by atoms with E-state index in [-0.39, 0.29) is 0 Å². The topological polar surface area (TPSA) is 12.0 Å². The van der Waals surface area contributed by atoms with Crippen molar-refractivity contribution in [2.24, 2.45) is 11.8 Å². The summed E-state index contributed by atoms with van der Waals surface area (Å²) >= 11 is 5.98. The largest absolute Gasteiger partial charge is 0.310 e. The molecule has 1 aliphatic carbocycles. The first-order valence-corrected chi connectivity index (χ1v) is 7.57. The van der Waals surface area contributed by atoms with E-state index in [1.807, 2.05) is 12.1 Å². The number of hydrogen-bond acceptors (Lipinski definition) is 1. The molecule has 18 heavy (non-hydrogen) atoms. The molecular weight excluding hydrogens is 242 g/mol. The maximum atomic E-state index is 5.98. The fourth-order valence-corrected chi connectivity index (χ4v) is 3.36. The van der Waals surface area contributed by atoms with Crippen molar-refractivity contribution < 1.29 is 0 Å². The fourth-order valence-electron chi connectivity index (χ4n) is 3.23. The van der Waals surface area contributed by atoms with Gasteiger partial charge >= 0.3 is 0 Å². The maximum Gasteiger partial charge on any atom is 0.0406 e. The molecule has 0 aromatic heterocycles. The van der Waals surface area contributed by atoms with Crippen molar-refractivity contribution in [3.8, 4) is 0 Å². The van der Waals surface area contributed by atoms with E-state index in [0.29, 0.717) is 6.04 Å². The molecule has 0 heterocycles. The van der Waals surface area contributed by atoms with Crippen LogP contribution < -0.4 is 5.32 Å². The van der Waals surface area contributed by atoms with Crippen LogP contribution in [0.3, 0.4) is 0 Å². The van der Waals surface area contributed by atoms with E-state index in [0.717, 1.165) is 23.4 Å². The lowest BCUT2D eigenvalue weighted by molar-refractivity contribution is 0.225. The summed E-state index contributed by atoms with van der Waals surface area (Å²) in [5, 5.41) is 4.49. The SMILES string of the molecule is CCNC(c1ccc(Cl)cc1)C1CCCC(C)C1. The predicted octanol–water partition coefficient (Wildman–Crippen LogP) is 4.82. The van der Waals surface area contributed by atoms with Gasteiger partial charge in [-0.15, -0.1) is 0 Å². The molecule has 0 amide bonds. The molecule has 1 aliphatic rings. The van der Waals surface area contributed by atoms with Crippen molar-refractivity contribution in [2.75, 3.05) is 6.54 Å². The first kappa shape index (κ1) is 13.9. The third kappa shape index (κ3) is 3.49. The van der Waals surface area contributed by atoms with Crippen LogP contribution in [-0.2, 0) is 0 Å². The summed E-state index contributed by atoms with van der Waals surface area (Å²) in [6, 6.07) is 8.86. The number of halogens is 1. The van der Waals surface area contributed by atoms with E-state index in [1.165, 1.54) is 31.2 Å². The Labute approximate surface area is 116 Å². The van der Waals surface area contributed by atoms with Gasteiger partial charge in [0.25, 0.3) is 0 Å². The molecule has 1 nitrogen and oxygen atoms in total. The van der Waals surface area contributed by atoms with Crippen molar-refractivity contribution in [3.05, 3.63) is 34.9 Å². The number of benzene rings is 1. The van der Waals surface area contributed by atoms with E-state index < -0.39 is 0 Å². The summed E-state index contributed by atoms with van der Waals surface area (Å²) in [7, 11) is 0. The Balaban J connectivity index is 2.13. The summed E-state index contributed by atoms with van der Waals surface area (Å²) in [4.78, 5) is 0. The lowest BCUT2D eigenvalue weighted by Crippen LogP contribution is -2.31. The Hall–Kier alpha value is -0.530. The van der Waals surface area contributed by atoms with Crippen LogP contribution in [0.15, 0.2) is 24.3 Å². The van der Waals surface area contributed by atoms with Crippen LogP contribution in [-0.4, -0.2) is 6.54 Å². The van der Waals surface area contributed by atoms with E-state index in [2.05, 4.69) is 31.3 Å². The average Bonchev–Trinajstić information content (AvgIpc) is 2.37. The number of nitrogens with one attached hydrogen (secondary N) is 1. The molecule has 0 spiro atoms. The highest BCUT2D eigenvalue weighted by Crippen LogP contribution is 2.37. The molecule has 1 aromatic rings. The zero-order valence-corrected chi connectivity index (χ0v) is 12.2. The highest BCUT2D eigenvalue weighted by molar-refractivity contribution is 6.30. The van der Waals surface area contributed by atoms with Crippen LogP contribution in [0.4, 0.5) is 0 Å². The van der Waals surface area contributed by atoms with E-state index >= 15 is 0 Å². The Morgan fingerprint density at radius 3 is 2.61 bits per heavy atom. The molecular formula is C16H24ClN. The van der Waals surface area contributed by atoms with Crippen molar-refractivity contribution in [3.63, 3.8) is 0 Å². The van der Waals surface area contributed by atoms with Crippen LogP contribution in [0, 0.1) is 11.8 Å². The first-order chi connectivity index (χ1) is 8.70. The summed E-state index contributed by atoms with van der Waals surface area (Å²) in [6.07, 6.45) is 5.47. The molecule has 0 saturated heterocycles. The molecule has 1 N–H and O–H groups in total. The van der Waals surface area contributed by atoms with Crippen molar-refractivity contribution in [2.45, 2.75) is 45.6 Å². The third-order valence-corrected chi connectivity index (χ3v) is 4.35. The minimum atomic E-state index is 0.495. The second-order valence-electron chi connectivity index (χ2n) is 5.62. The molecule has 0 bridgehead atoms. The maximum absolute atomic E-state index is 5.98. The molecule has 1 aromatic carbocycles. The molecule has 2 rings (SSSR count). The summed E-state index contributed by atoms with van der Waals surface area (Å²) < 4.78 is 0. The molecule has 0 radical (unpaired) electrons. The van der Waals surface area contributed by atoms with Gasteiger partial charge in [0.2, 0.25) is 0 Å². The minimum Gasteiger partial charge on any atom is -0.310 e. The van der Waals surface area contributed by atoms with Crippen molar-refractivity contribution in [1.82, 2.24) is 5.32 Å². The van der Waals surface area contributed by atoms with Gasteiger partial charge in [0.15, 0.2) is 0 Å². The summed E-state index contributed by atoms with van der Waals surface area (Å²) in [6.45, 7) is 5.60. The molecule has 1 saturated carbocycles. The smallest absolute Gasteiger partial charge is 0.0406 e. The number of rotatable bonds is 4. The van der Waals surface area contributed by atoms with Gasteiger partial charge in [0.05, 0.1) is 0 Å².